The smallest absolute Gasteiger partial charge is 0.121 e. The van der Waals surface area contributed by atoms with Crippen LogP contribution < -0.4 is 19.7 Å². The number of hydrogen-bond donors (Lipinski definition) is 1. The molecule has 2 aromatic rings. The summed E-state index contributed by atoms with van der Waals surface area (Å²) in [4.78, 5) is 2.50. The largest absolute Gasteiger partial charge is 0.497 e. The molecule has 26 heavy (non-hydrogen) atoms. The van der Waals surface area contributed by atoms with Gasteiger partial charge in [0, 0.05) is 43.3 Å². The van der Waals surface area contributed by atoms with Crippen molar-refractivity contribution in [2.24, 2.45) is 0 Å². The lowest BCUT2D eigenvalue weighted by atomic mass is 9.77. The molecule has 0 atom stereocenters. The Balaban J connectivity index is 1.57. The van der Waals surface area contributed by atoms with E-state index in [1.54, 1.807) is 7.11 Å². The molecule has 1 saturated heterocycles. The van der Waals surface area contributed by atoms with Gasteiger partial charge in [0.2, 0.25) is 0 Å². The normalized spacial score (nSPS) is 17.1. The molecule has 4 heteroatoms. The second-order valence-corrected chi connectivity index (χ2v) is 7.47. The van der Waals surface area contributed by atoms with Gasteiger partial charge in [-0.15, -0.1) is 0 Å². The molecule has 0 amide bonds. The zero-order valence-electron chi connectivity index (χ0n) is 15.8. The Morgan fingerprint density at radius 3 is 2.50 bits per heavy atom. The van der Waals surface area contributed by atoms with Crippen molar-refractivity contribution in [3.05, 3.63) is 53.6 Å². The van der Waals surface area contributed by atoms with Crippen LogP contribution in [0, 0.1) is 0 Å². The third kappa shape index (κ3) is 3.14. The highest BCUT2D eigenvalue weighted by Crippen LogP contribution is 2.45. The minimum atomic E-state index is 0.268. The van der Waals surface area contributed by atoms with Gasteiger partial charge in [-0.2, -0.15) is 0 Å². The first-order valence-electron chi connectivity index (χ1n) is 9.60. The molecule has 0 radical (unpaired) electrons. The lowest BCUT2D eigenvalue weighted by Gasteiger charge is -2.40. The maximum atomic E-state index is 5.96. The quantitative estimate of drug-likeness (QED) is 0.770. The van der Waals surface area contributed by atoms with Crippen molar-refractivity contribution in [1.82, 2.24) is 5.32 Å². The van der Waals surface area contributed by atoms with E-state index < -0.39 is 0 Å². The fourth-order valence-electron chi connectivity index (χ4n) is 4.00. The van der Waals surface area contributed by atoms with Gasteiger partial charge in [-0.1, -0.05) is 31.5 Å². The van der Waals surface area contributed by atoms with Crippen molar-refractivity contribution in [3.8, 4) is 11.5 Å². The first-order valence-corrected chi connectivity index (χ1v) is 9.60. The number of benzene rings is 2. The van der Waals surface area contributed by atoms with Crippen LogP contribution in [0.2, 0.25) is 0 Å². The van der Waals surface area contributed by atoms with E-state index in [9.17, 15) is 0 Å². The standard InChI is InChI=1S/C22H28N2O2/c1-3-4-11-26-19-9-10-20-21(12-19)24(16-22(20)14-23-15-22)13-17-5-7-18(25-2)8-6-17/h5-10,12,23H,3-4,11,13-16H2,1-2H3. The molecule has 1 fully saturated rings. The Bertz CT molecular complexity index is 753. The molecule has 0 saturated carbocycles. The van der Waals surface area contributed by atoms with E-state index in [1.165, 1.54) is 16.8 Å². The number of nitrogens with zero attached hydrogens (tertiary/aromatic N) is 1. The summed E-state index contributed by atoms with van der Waals surface area (Å²) in [6.07, 6.45) is 2.25. The summed E-state index contributed by atoms with van der Waals surface area (Å²) in [6.45, 7) is 7.09. The van der Waals surface area contributed by atoms with Gasteiger partial charge in [-0.05, 0) is 35.7 Å². The fraction of sp³-hybridized carbons (Fsp3) is 0.455. The maximum Gasteiger partial charge on any atom is 0.121 e. The molecular weight excluding hydrogens is 324 g/mol. The number of fused-ring (bicyclic) bond motifs is 2. The monoisotopic (exact) mass is 352 g/mol. The van der Waals surface area contributed by atoms with E-state index in [4.69, 9.17) is 9.47 Å². The molecule has 1 N–H and O–H groups in total. The van der Waals surface area contributed by atoms with E-state index in [2.05, 4.69) is 47.5 Å². The summed E-state index contributed by atoms with van der Waals surface area (Å²) in [5, 5.41) is 3.47. The molecule has 1 spiro atoms. The summed E-state index contributed by atoms with van der Waals surface area (Å²) in [5.41, 5.74) is 4.37. The van der Waals surface area contributed by atoms with Crippen LogP contribution in [-0.2, 0) is 12.0 Å². The van der Waals surface area contributed by atoms with E-state index in [0.29, 0.717) is 0 Å². The van der Waals surface area contributed by atoms with Gasteiger partial charge in [-0.25, -0.2) is 0 Å². The van der Waals surface area contributed by atoms with Crippen molar-refractivity contribution in [1.29, 1.82) is 0 Å². The molecule has 0 bridgehead atoms. The minimum Gasteiger partial charge on any atom is -0.497 e. The van der Waals surface area contributed by atoms with Gasteiger partial charge in [0.25, 0.3) is 0 Å². The van der Waals surface area contributed by atoms with Crippen molar-refractivity contribution < 1.29 is 9.47 Å². The molecular formula is C22H28N2O2. The summed E-state index contributed by atoms with van der Waals surface area (Å²) >= 11 is 0. The predicted molar refractivity (Wildman–Crippen MR) is 105 cm³/mol. The summed E-state index contributed by atoms with van der Waals surface area (Å²) < 4.78 is 11.2. The van der Waals surface area contributed by atoms with Crippen LogP contribution in [0.4, 0.5) is 5.69 Å². The van der Waals surface area contributed by atoms with Gasteiger partial charge in [0.1, 0.15) is 11.5 Å². The predicted octanol–water partition coefficient (Wildman–Crippen LogP) is 3.74. The number of unbranched alkanes of at least 4 members (excludes halogenated alkanes) is 1. The third-order valence-electron chi connectivity index (χ3n) is 5.60. The lowest BCUT2D eigenvalue weighted by Crippen LogP contribution is -2.58. The van der Waals surface area contributed by atoms with Gasteiger partial charge in [-0.3, -0.25) is 0 Å². The summed E-state index contributed by atoms with van der Waals surface area (Å²) in [7, 11) is 1.71. The molecule has 2 heterocycles. The van der Waals surface area contributed by atoms with Crippen LogP contribution in [-0.4, -0.2) is 33.4 Å². The second kappa shape index (κ2) is 7.20. The Morgan fingerprint density at radius 2 is 1.85 bits per heavy atom. The Hall–Kier alpha value is -2.20. The Labute approximate surface area is 156 Å². The van der Waals surface area contributed by atoms with Crippen LogP contribution in [0.3, 0.4) is 0 Å². The van der Waals surface area contributed by atoms with Crippen molar-refractivity contribution in [3.63, 3.8) is 0 Å². The molecule has 4 rings (SSSR count). The maximum absolute atomic E-state index is 5.96. The minimum absolute atomic E-state index is 0.268. The highest BCUT2D eigenvalue weighted by atomic mass is 16.5. The zero-order chi connectivity index (χ0) is 18.0. The second-order valence-electron chi connectivity index (χ2n) is 7.47. The Kier molecular flexibility index (Phi) is 4.77. The molecule has 138 valence electrons. The molecule has 4 nitrogen and oxygen atoms in total. The topological polar surface area (TPSA) is 33.7 Å². The average Bonchev–Trinajstić information content (AvgIpc) is 2.97. The number of anilines is 1. The van der Waals surface area contributed by atoms with Crippen molar-refractivity contribution in [2.75, 3.05) is 38.3 Å². The summed E-state index contributed by atoms with van der Waals surface area (Å²) in [6, 6.07) is 15.1. The van der Waals surface area contributed by atoms with E-state index >= 15 is 0 Å². The van der Waals surface area contributed by atoms with Crippen LogP contribution in [0.25, 0.3) is 0 Å². The van der Waals surface area contributed by atoms with E-state index in [0.717, 1.165) is 57.1 Å². The summed E-state index contributed by atoms with van der Waals surface area (Å²) in [5.74, 6) is 1.89. The zero-order valence-corrected chi connectivity index (χ0v) is 15.8. The fourth-order valence-corrected chi connectivity index (χ4v) is 4.00. The number of ether oxygens (including phenoxy) is 2. The van der Waals surface area contributed by atoms with Gasteiger partial charge in [0.05, 0.1) is 13.7 Å². The van der Waals surface area contributed by atoms with Gasteiger partial charge < -0.3 is 19.7 Å². The first kappa shape index (κ1) is 17.2. The molecule has 0 aromatic heterocycles. The van der Waals surface area contributed by atoms with Crippen LogP contribution in [0.1, 0.15) is 30.9 Å². The van der Waals surface area contributed by atoms with Crippen molar-refractivity contribution >= 4 is 5.69 Å². The van der Waals surface area contributed by atoms with Crippen LogP contribution in [0.5, 0.6) is 11.5 Å². The molecule has 2 aliphatic heterocycles. The van der Waals surface area contributed by atoms with Gasteiger partial charge in [0.15, 0.2) is 0 Å². The third-order valence-corrected chi connectivity index (χ3v) is 5.60. The Morgan fingerprint density at radius 1 is 1.08 bits per heavy atom. The average molecular weight is 352 g/mol. The lowest BCUT2D eigenvalue weighted by molar-refractivity contribution is 0.295. The number of hydrogen-bond acceptors (Lipinski definition) is 4. The number of rotatable bonds is 7. The molecule has 0 aliphatic carbocycles. The van der Waals surface area contributed by atoms with E-state index in [1.807, 2.05) is 12.1 Å². The number of nitrogens with one attached hydrogen (secondary N) is 1. The van der Waals surface area contributed by atoms with Crippen LogP contribution >= 0.6 is 0 Å². The highest BCUT2D eigenvalue weighted by Gasteiger charge is 2.47. The first-order chi connectivity index (χ1) is 12.7. The highest BCUT2D eigenvalue weighted by molar-refractivity contribution is 5.66. The SMILES string of the molecule is CCCCOc1ccc2c(c1)N(Cc1ccc(OC)cc1)CC21CNC1. The molecule has 0 unspecified atom stereocenters. The molecule has 2 aromatic carbocycles. The van der Waals surface area contributed by atoms with Gasteiger partial charge >= 0.3 is 0 Å². The van der Waals surface area contributed by atoms with Crippen LogP contribution in [0.15, 0.2) is 42.5 Å². The molecule has 2 aliphatic rings. The number of methoxy groups -OCH3 is 1. The van der Waals surface area contributed by atoms with Crippen molar-refractivity contribution in [2.45, 2.75) is 31.7 Å². The van der Waals surface area contributed by atoms with E-state index in [-0.39, 0.29) is 5.41 Å².